The van der Waals surface area contributed by atoms with E-state index in [2.05, 4.69) is 11.5 Å². The Hall–Kier alpha value is -3.16. The van der Waals surface area contributed by atoms with Crippen LogP contribution < -0.4 is 4.74 Å². The first kappa shape index (κ1) is 25.5. The van der Waals surface area contributed by atoms with Crippen LogP contribution in [0.15, 0.2) is 71.6 Å². The molecule has 0 atom stereocenters. The summed E-state index contributed by atoms with van der Waals surface area (Å²) in [4.78, 5) is 17.8. The number of nitrogens with zero attached hydrogens (tertiary/aromatic N) is 2. The van der Waals surface area contributed by atoms with E-state index >= 15 is 0 Å². The summed E-state index contributed by atoms with van der Waals surface area (Å²) >= 11 is 6.18. The van der Waals surface area contributed by atoms with Gasteiger partial charge in [-0.2, -0.15) is 0 Å². The second kappa shape index (κ2) is 9.95. The summed E-state index contributed by atoms with van der Waals surface area (Å²) in [6.07, 6.45) is 2.34. The van der Waals surface area contributed by atoms with Gasteiger partial charge in [0, 0.05) is 24.4 Å². The van der Waals surface area contributed by atoms with Crippen molar-refractivity contribution in [2.75, 3.05) is 5.75 Å². The molecule has 1 fully saturated rings. The number of hydrogen-bond donors (Lipinski definition) is 0. The van der Waals surface area contributed by atoms with Crippen molar-refractivity contribution in [2.45, 2.75) is 56.6 Å². The number of carbonyl (C=O) groups excluding carboxylic acids is 1. The van der Waals surface area contributed by atoms with Crippen LogP contribution in [-0.4, -0.2) is 29.5 Å². The van der Waals surface area contributed by atoms with Gasteiger partial charge in [0.05, 0.1) is 21.7 Å². The number of benzene rings is 3. The smallest absolute Gasteiger partial charge is 0.178 e. The molecule has 1 saturated carbocycles. The molecule has 8 heteroatoms. The van der Waals surface area contributed by atoms with Crippen LogP contribution in [0.2, 0.25) is 5.02 Å². The molecular formula is C29H29ClN2O4S. The van der Waals surface area contributed by atoms with Crippen LogP contribution in [0, 0.1) is 0 Å². The lowest BCUT2D eigenvalue weighted by molar-refractivity contribution is -0.117. The van der Waals surface area contributed by atoms with Crippen molar-refractivity contribution in [3.63, 3.8) is 0 Å². The zero-order valence-electron chi connectivity index (χ0n) is 20.9. The van der Waals surface area contributed by atoms with Gasteiger partial charge in [-0.3, -0.25) is 4.79 Å². The molecule has 0 N–H and O–H groups in total. The largest absolute Gasteiger partial charge is 0.479 e. The molecule has 0 bridgehead atoms. The summed E-state index contributed by atoms with van der Waals surface area (Å²) in [5, 5.41) is 0.664. The Balaban J connectivity index is 1.24. The van der Waals surface area contributed by atoms with Gasteiger partial charge in [0.2, 0.25) is 0 Å². The SMILES string of the molecule is CCn1c(C2(Oc3ccc(CC(=O)Cc4ccc(S(=O)(=O)CC)cc4)cc3)CC2)nc2cc(Cl)ccc21. The summed E-state index contributed by atoms with van der Waals surface area (Å²) < 4.78 is 32.6. The predicted molar refractivity (Wildman–Crippen MR) is 145 cm³/mol. The molecular weight excluding hydrogens is 508 g/mol. The average molecular weight is 537 g/mol. The van der Waals surface area contributed by atoms with E-state index in [0.29, 0.717) is 11.4 Å². The van der Waals surface area contributed by atoms with Crippen molar-refractivity contribution in [2.24, 2.45) is 0 Å². The van der Waals surface area contributed by atoms with E-state index in [1.807, 2.05) is 42.5 Å². The highest BCUT2D eigenvalue weighted by Crippen LogP contribution is 2.49. The number of rotatable bonds is 10. The van der Waals surface area contributed by atoms with Gasteiger partial charge in [-0.1, -0.05) is 42.8 Å². The second-order valence-corrected chi connectivity index (χ2v) is 12.2. The van der Waals surface area contributed by atoms with Crippen molar-refractivity contribution in [3.05, 3.63) is 88.7 Å². The fourth-order valence-corrected chi connectivity index (χ4v) is 5.71. The number of aryl methyl sites for hydroxylation is 1. The van der Waals surface area contributed by atoms with Crippen molar-refractivity contribution in [3.8, 4) is 5.75 Å². The molecule has 0 amide bonds. The van der Waals surface area contributed by atoms with E-state index < -0.39 is 15.4 Å². The quantitative estimate of drug-likeness (QED) is 0.251. The molecule has 4 aromatic rings. The molecule has 192 valence electrons. The number of fused-ring (bicyclic) bond motifs is 1. The molecule has 1 aliphatic carbocycles. The van der Waals surface area contributed by atoms with Crippen LogP contribution in [0.5, 0.6) is 5.75 Å². The topological polar surface area (TPSA) is 78.3 Å². The van der Waals surface area contributed by atoms with E-state index in [9.17, 15) is 13.2 Å². The molecule has 5 rings (SSSR count). The van der Waals surface area contributed by atoms with Crippen LogP contribution >= 0.6 is 11.6 Å². The summed E-state index contributed by atoms with van der Waals surface area (Å²) in [6.45, 7) is 4.51. The van der Waals surface area contributed by atoms with Gasteiger partial charge in [0.15, 0.2) is 21.3 Å². The molecule has 37 heavy (non-hydrogen) atoms. The molecule has 0 radical (unpaired) electrons. The number of halogens is 1. The average Bonchev–Trinajstić information content (AvgIpc) is 3.57. The van der Waals surface area contributed by atoms with Gasteiger partial charge in [-0.15, -0.1) is 0 Å². The maximum Gasteiger partial charge on any atom is 0.178 e. The van der Waals surface area contributed by atoms with Gasteiger partial charge >= 0.3 is 0 Å². The summed E-state index contributed by atoms with van der Waals surface area (Å²) in [7, 11) is -3.24. The third kappa shape index (κ3) is 5.29. The predicted octanol–water partition coefficient (Wildman–Crippen LogP) is 5.93. The van der Waals surface area contributed by atoms with Gasteiger partial charge < -0.3 is 9.30 Å². The van der Waals surface area contributed by atoms with E-state index in [1.165, 1.54) is 0 Å². The number of carbonyl (C=O) groups is 1. The maximum atomic E-state index is 12.6. The fraction of sp³-hybridized carbons (Fsp3) is 0.310. The Bertz CT molecular complexity index is 1550. The van der Waals surface area contributed by atoms with Crippen molar-refractivity contribution in [1.29, 1.82) is 0 Å². The fourth-order valence-electron chi connectivity index (χ4n) is 4.66. The third-order valence-electron chi connectivity index (χ3n) is 6.84. The Morgan fingerprint density at radius 3 is 2.16 bits per heavy atom. The van der Waals surface area contributed by atoms with E-state index in [4.69, 9.17) is 21.3 Å². The molecule has 1 aromatic heterocycles. The van der Waals surface area contributed by atoms with Crippen molar-refractivity contribution < 1.29 is 17.9 Å². The van der Waals surface area contributed by atoms with E-state index in [1.54, 1.807) is 31.2 Å². The Labute approximate surface area is 222 Å². The van der Waals surface area contributed by atoms with Crippen LogP contribution in [0.25, 0.3) is 11.0 Å². The number of ether oxygens (including phenoxy) is 1. The molecule has 0 unspecified atom stereocenters. The highest BCUT2D eigenvalue weighted by Gasteiger charge is 2.51. The third-order valence-corrected chi connectivity index (χ3v) is 8.83. The Kier molecular flexibility index (Phi) is 6.86. The molecule has 0 aliphatic heterocycles. The standard InChI is InChI=1S/C29H29ClN2O4S/c1-3-32-27-14-9-22(30)19-26(27)31-28(32)29(15-16-29)36-24-10-5-20(6-11-24)17-23(33)18-21-7-12-25(13-8-21)37(34,35)4-2/h5-14,19H,3-4,15-18H2,1-2H3. The van der Waals surface area contributed by atoms with Crippen molar-refractivity contribution >= 4 is 38.3 Å². The van der Waals surface area contributed by atoms with Crippen molar-refractivity contribution in [1.82, 2.24) is 9.55 Å². The maximum absolute atomic E-state index is 12.6. The Morgan fingerprint density at radius 2 is 1.59 bits per heavy atom. The number of Topliss-reactive ketones (excluding diaryl/α,β-unsaturated/α-hetero) is 1. The lowest BCUT2D eigenvalue weighted by atomic mass is 10.0. The lowest BCUT2D eigenvalue weighted by Crippen LogP contribution is -2.21. The van der Waals surface area contributed by atoms with Gasteiger partial charge in [0.25, 0.3) is 0 Å². The van der Waals surface area contributed by atoms with Crippen LogP contribution in [-0.2, 0) is 39.6 Å². The Morgan fingerprint density at radius 1 is 0.973 bits per heavy atom. The molecule has 0 saturated heterocycles. The number of aromatic nitrogens is 2. The first-order valence-corrected chi connectivity index (χ1v) is 14.5. The molecule has 3 aromatic carbocycles. The van der Waals surface area contributed by atoms with Crippen LogP contribution in [0.1, 0.15) is 43.6 Å². The van der Waals surface area contributed by atoms with Crippen LogP contribution in [0.3, 0.4) is 0 Å². The van der Waals surface area contributed by atoms with E-state index in [0.717, 1.165) is 53.1 Å². The summed E-state index contributed by atoms with van der Waals surface area (Å²) in [5.74, 6) is 1.78. The van der Waals surface area contributed by atoms with Gasteiger partial charge in [-0.25, -0.2) is 13.4 Å². The first-order chi connectivity index (χ1) is 17.7. The van der Waals surface area contributed by atoms with E-state index in [-0.39, 0.29) is 22.9 Å². The number of sulfone groups is 1. The summed E-state index contributed by atoms with van der Waals surface area (Å²) in [5.41, 5.74) is 3.18. The zero-order valence-corrected chi connectivity index (χ0v) is 22.5. The highest BCUT2D eigenvalue weighted by atomic mass is 35.5. The minimum atomic E-state index is -3.24. The number of imidazole rings is 1. The lowest BCUT2D eigenvalue weighted by Gasteiger charge is -2.19. The first-order valence-electron chi connectivity index (χ1n) is 12.5. The number of ketones is 1. The molecule has 1 aliphatic rings. The van der Waals surface area contributed by atoms with Gasteiger partial charge in [0.1, 0.15) is 11.5 Å². The van der Waals surface area contributed by atoms with Crippen LogP contribution in [0.4, 0.5) is 0 Å². The normalized spacial score (nSPS) is 14.6. The molecule has 1 heterocycles. The highest BCUT2D eigenvalue weighted by molar-refractivity contribution is 7.91. The zero-order chi connectivity index (χ0) is 26.2. The number of hydrogen-bond acceptors (Lipinski definition) is 5. The monoisotopic (exact) mass is 536 g/mol. The second-order valence-electron chi connectivity index (χ2n) is 9.49. The summed E-state index contributed by atoms with van der Waals surface area (Å²) in [6, 6.07) is 20.0. The molecule has 6 nitrogen and oxygen atoms in total. The molecule has 0 spiro atoms. The van der Waals surface area contributed by atoms with Gasteiger partial charge in [-0.05, 0) is 73.4 Å². The minimum Gasteiger partial charge on any atom is -0.479 e. The minimum absolute atomic E-state index is 0.0552.